The fourth-order valence-electron chi connectivity index (χ4n) is 1.22. The molecule has 0 amide bonds. The molecule has 1 aliphatic rings. The molecule has 0 saturated carbocycles. The molecule has 4 nitrogen and oxygen atoms in total. The minimum absolute atomic E-state index is 0.0412. The van der Waals surface area contributed by atoms with E-state index in [9.17, 15) is 15.2 Å². The van der Waals surface area contributed by atoms with Crippen molar-refractivity contribution in [1.29, 1.82) is 0 Å². The quantitative estimate of drug-likeness (QED) is 0.523. The predicted molar refractivity (Wildman–Crippen MR) is 49.0 cm³/mol. The standard InChI is InChI=1S/C9H11NO3/c1-6(2)8-4-3-7(10(12)13)5-9(8)11/h4-5,7,11H,1,3H2,2H3. The first-order chi connectivity index (χ1) is 6.02. The summed E-state index contributed by atoms with van der Waals surface area (Å²) in [5.41, 5.74) is 1.33. The molecule has 0 fully saturated rings. The highest BCUT2D eigenvalue weighted by Crippen LogP contribution is 2.23. The number of aliphatic hydroxyl groups excluding tert-OH is 1. The zero-order valence-corrected chi connectivity index (χ0v) is 7.36. The molecule has 1 unspecified atom stereocenters. The summed E-state index contributed by atoms with van der Waals surface area (Å²) < 4.78 is 0. The number of nitro groups is 1. The Balaban J connectivity index is 2.86. The Morgan fingerprint density at radius 2 is 2.46 bits per heavy atom. The van der Waals surface area contributed by atoms with Crippen molar-refractivity contribution in [1.82, 2.24) is 0 Å². The lowest BCUT2D eigenvalue weighted by molar-refractivity contribution is -0.508. The Bertz CT molecular complexity index is 315. The van der Waals surface area contributed by atoms with Gasteiger partial charge in [0, 0.05) is 23.0 Å². The third kappa shape index (κ3) is 1.96. The Hall–Kier alpha value is -1.58. The van der Waals surface area contributed by atoms with E-state index in [1.54, 1.807) is 13.0 Å². The molecule has 0 bridgehead atoms. The van der Waals surface area contributed by atoms with Crippen LogP contribution in [0.1, 0.15) is 13.3 Å². The molecule has 0 aliphatic heterocycles. The molecule has 4 heteroatoms. The highest BCUT2D eigenvalue weighted by Gasteiger charge is 2.22. The lowest BCUT2D eigenvalue weighted by Crippen LogP contribution is -2.19. The molecule has 1 N–H and O–H groups in total. The van der Waals surface area contributed by atoms with Crippen LogP contribution in [0, 0.1) is 10.1 Å². The topological polar surface area (TPSA) is 63.4 Å². The van der Waals surface area contributed by atoms with Gasteiger partial charge in [0.25, 0.3) is 0 Å². The van der Waals surface area contributed by atoms with E-state index in [1.165, 1.54) is 6.08 Å². The lowest BCUT2D eigenvalue weighted by atomic mass is 9.97. The highest BCUT2D eigenvalue weighted by molar-refractivity contribution is 5.43. The van der Waals surface area contributed by atoms with E-state index in [1.807, 2.05) is 0 Å². The minimum atomic E-state index is -0.803. The highest BCUT2D eigenvalue weighted by atomic mass is 16.6. The maximum Gasteiger partial charge on any atom is 0.238 e. The van der Waals surface area contributed by atoms with Gasteiger partial charge in [0.2, 0.25) is 6.04 Å². The summed E-state index contributed by atoms with van der Waals surface area (Å²) >= 11 is 0. The second-order valence-electron chi connectivity index (χ2n) is 3.04. The van der Waals surface area contributed by atoms with Crippen LogP contribution in [0.2, 0.25) is 0 Å². The summed E-state index contributed by atoms with van der Waals surface area (Å²) in [5, 5.41) is 19.8. The van der Waals surface area contributed by atoms with Crippen LogP contribution in [0.15, 0.2) is 35.6 Å². The van der Waals surface area contributed by atoms with Gasteiger partial charge in [0.1, 0.15) is 5.76 Å². The van der Waals surface area contributed by atoms with Crippen LogP contribution in [0.5, 0.6) is 0 Å². The minimum Gasteiger partial charge on any atom is -0.507 e. The van der Waals surface area contributed by atoms with Crippen molar-refractivity contribution in [2.24, 2.45) is 0 Å². The van der Waals surface area contributed by atoms with Gasteiger partial charge in [-0.2, -0.15) is 0 Å². The Morgan fingerprint density at radius 1 is 1.85 bits per heavy atom. The van der Waals surface area contributed by atoms with Gasteiger partial charge < -0.3 is 5.11 Å². The van der Waals surface area contributed by atoms with E-state index < -0.39 is 11.0 Å². The van der Waals surface area contributed by atoms with E-state index in [0.717, 1.165) is 5.57 Å². The number of rotatable bonds is 2. The predicted octanol–water partition coefficient (Wildman–Crippen LogP) is 1.98. The zero-order chi connectivity index (χ0) is 10.0. The van der Waals surface area contributed by atoms with Crippen molar-refractivity contribution < 1.29 is 10.0 Å². The number of nitrogens with zero attached hydrogens (tertiary/aromatic N) is 1. The van der Waals surface area contributed by atoms with E-state index in [4.69, 9.17) is 0 Å². The van der Waals surface area contributed by atoms with Crippen LogP contribution < -0.4 is 0 Å². The Morgan fingerprint density at radius 3 is 2.85 bits per heavy atom. The molecular weight excluding hydrogens is 170 g/mol. The molecule has 1 aliphatic carbocycles. The third-order valence-corrected chi connectivity index (χ3v) is 1.92. The summed E-state index contributed by atoms with van der Waals surface area (Å²) in [6, 6.07) is -0.803. The largest absolute Gasteiger partial charge is 0.507 e. The second-order valence-corrected chi connectivity index (χ2v) is 3.04. The Kier molecular flexibility index (Phi) is 2.51. The monoisotopic (exact) mass is 181 g/mol. The molecule has 0 saturated heterocycles. The molecule has 0 heterocycles. The van der Waals surface area contributed by atoms with Crippen LogP contribution in [0.25, 0.3) is 0 Å². The number of hydrogen-bond donors (Lipinski definition) is 1. The van der Waals surface area contributed by atoms with E-state index in [-0.39, 0.29) is 5.76 Å². The van der Waals surface area contributed by atoms with Crippen LogP contribution >= 0.6 is 0 Å². The smallest absolute Gasteiger partial charge is 0.238 e. The summed E-state index contributed by atoms with van der Waals surface area (Å²) in [4.78, 5) is 9.96. The fourth-order valence-corrected chi connectivity index (χ4v) is 1.22. The first kappa shape index (κ1) is 9.51. The van der Waals surface area contributed by atoms with Gasteiger partial charge in [-0.25, -0.2) is 0 Å². The van der Waals surface area contributed by atoms with Crippen LogP contribution in [0.4, 0.5) is 0 Å². The van der Waals surface area contributed by atoms with Gasteiger partial charge >= 0.3 is 0 Å². The first-order valence-electron chi connectivity index (χ1n) is 3.93. The fraction of sp³-hybridized carbons (Fsp3) is 0.333. The van der Waals surface area contributed by atoms with Crippen molar-refractivity contribution >= 4 is 0 Å². The van der Waals surface area contributed by atoms with E-state index in [2.05, 4.69) is 6.58 Å². The number of allylic oxidation sites excluding steroid dienone is 1. The van der Waals surface area contributed by atoms with Crippen molar-refractivity contribution in [3.63, 3.8) is 0 Å². The molecule has 0 aromatic rings. The molecule has 1 rings (SSSR count). The average molecular weight is 181 g/mol. The van der Waals surface area contributed by atoms with Crippen molar-refractivity contribution in [3.8, 4) is 0 Å². The van der Waals surface area contributed by atoms with Crippen molar-refractivity contribution in [2.45, 2.75) is 19.4 Å². The van der Waals surface area contributed by atoms with Gasteiger partial charge in [0.05, 0.1) is 0 Å². The molecule has 0 spiro atoms. The molecule has 0 radical (unpaired) electrons. The zero-order valence-electron chi connectivity index (χ0n) is 7.36. The molecular formula is C9H11NO3. The third-order valence-electron chi connectivity index (χ3n) is 1.92. The summed E-state index contributed by atoms with van der Waals surface area (Å²) in [7, 11) is 0. The van der Waals surface area contributed by atoms with Gasteiger partial charge in [-0.05, 0) is 12.5 Å². The molecule has 0 aromatic heterocycles. The summed E-state index contributed by atoms with van der Waals surface area (Å²) in [6.07, 6.45) is 3.22. The van der Waals surface area contributed by atoms with Crippen molar-refractivity contribution in [3.05, 3.63) is 45.8 Å². The average Bonchev–Trinajstić information content (AvgIpc) is 2.03. The maximum absolute atomic E-state index is 10.4. The lowest BCUT2D eigenvalue weighted by Gasteiger charge is -2.13. The number of hydrogen-bond acceptors (Lipinski definition) is 3. The molecule has 13 heavy (non-hydrogen) atoms. The summed E-state index contributed by atoms with van der Waals surface area (Å²) in [5.74, 6) is -0.0412. The molecule has 70 valence electrons. The van der Waals surface area contributed by atoms with Crippen molar-refractivity contribution in [2.75, 3.05) is 0 Å². The Labute approximate surface area is 76.0 Å². The molecule has 1 atom stereocenters. The van der Waals surface area contributed by atoms with E-state index in [0.29, 0.717) is 12.0 Å². The van der Waals surface area contributed by atoms with Gasteiger partial charge in [-0.3, -0.25) is 10.1 Å². The van der Waals surface area contributed by atoms with Crippen LogP contribution in [0.3, 0.4) is 0 Å². The van der Waals surface area contributed by atoms with Gasteiger partial charge in [0.15, 0.2) is 0 Å². The number of aliphatic hydroxyl groups is 1. The van der Waals surface area contributed by atoms with Gasteiger partial charge in [-0.15, -0.1) is 0 Å². The summed E-state index contributed by atoms with van der Waals surface area (Å²) in [6.45, 7) is 5.41. The first-order valence-corrected chi connectivity index (χ1v) is 3.93. The normalized spacial score (nSPS) is 21.8. The van der Waals surface area contributed by atoms with Gasteiger partial charge in [-0.1, -0.05) is 12.7 Å². The SMILES string of the molecule is C=C(C)C1=CCC([N+](=O)[O-])C=C1O. The van der Waals surface area contributed by atoms with E-state index >= 15 is 0 Å². The maximum atomic E-state index is 10.4. The molecule has 0 aromatic carbocycles. The second kappa shape index (κ2) is 3.43. The van der Waals surface area contributed by atoms with Crippen LogP contribution in [-0.2, 0) is 0 Å². The van der Waals surface area contributed by atoms with Crippen LogP contribution in [-0.4, -0.2) is 16.1 Å².